The number of aromatic nitrogens is 1. The molecule has 15 heteroatoms. The number of anilines is 1. The highest BCUT2D eigenvalue weighted by molar-refractivity contribution is 7.91. The molecule has 2 aliphatic carbocycles. The zero-order valence-electron chi connectivity index (χ0n) is 22.1. The van der Waals surface area contributed by atoms with E-state index in [9.17, 15) is 49.2 Å². The number of nitriles is 1. The van der Waals surface area contributed by atoms with Crippen LogP contribution in [0.2, 0.25) is 0 Å². The number of carbonyl (C=O) groups excluding carboxylic acids is 1. The van der Waals surface area contributed by atoms with E-state index in [1.807, 2.05) is 6.07 Å². The van der Waals surface area contributed by atoms with Crippen LogP contribution in [0.4, 0.5) is 36.4 Å². The van der Waals surface area contributed by atoms with Crippen molar-refractivity contribution in [2.24, 2.45) is 11.3 Å². The van der Waals surface area contributed by atoms with Crippen molar-refractivity contribution in [2.45, 2.75) is 62.5 Å². The monoisotopic (exact) mass is 621 g/mol. The number of ketones is 1. The van der Waals surface area contributed by atoms with Crippen molar-refractivity contribution in [2.75, 3.05) is 29.5 Å². The normalized spacial score (nSPS) is 25.0. The van der Waals surface area contributed by atoms with E-state index in [1.54, 1.807) is 4.90 Å². The largest absolute Gasteiger partial charge is 0.463 e. The van der Waals surface area contributed by atoms with Crippen molar-refractivity contribution < 1.29 is 48.4 Å². The first-order valence-corrected chi connectivity index (χ1v) is 15.1. The maximum atomic E-state index is 14.7. The van der Waals surface area contributed by atoms with E-state index in [-0.39, 0.29) is 43.0 Å². The molecule has 3 aliphatic rings. The molecule has 0 unspecified atom stereocenters. The Morgan fingerprint density at radius 1 is 1.07 bits per heavy atom. The average Bonchev–Trinajstić information content (AvgIpc) is 3.53. The Morgan fingerprint density at radius 2 is 1.69 bits per heavy atom. The van der Waals surface area contributed by atoms with E-state index in [4.69, 9.17) is 4.42 Å². The summed E-state index contributed by atoms with van der Waals surface area (Å²) in [5, 5.41) is 9.40. The summed E-state index contributed by atoms with van der Waals surface area (Å²) in [6.45, 7) is 0.369. The Labute approximate surface area is 236 Å². The first-order chi connectivity index (χ1) is 19.5. The van der Waals surface area contributed by atoms with Gasteiger partial charge >= 0.3 is 12.1 Å². The number of halogens is 7. The zero-order valence-corrected chi connectivity index (χ0v) is 22.9. The van der Waals surface area contributed by atoms with Crippen LogP contribution in [-0.2, 0) is 20.6 Å². The minimum absolute atomic E-state index is 0.0119. The van der Waals surface area contributed by atoms with Crippen LogP contribution in [0, 0.1) is 22.7 Å². The van der Waals surface area contributed by atoms with Gasteiger partial charge in [0, 0.05) is 55.4 Å². The number of nitrogens with zero attached hydrogens (tertiary/aromatic N) is 3. The summed E-state index contributed by atoms with van der Waals surface area (Å²) in [6, 6.07) is 7.67. The molecule has 0 spiro atoms. The maximum Gasteiger partial charge on any atom is 0.463 e. The van der Waals surface area contributed by atoms with E-state index in [2.05, 4.69) is 4.98 Å². The molecule has 0 amide bonds. The zero-order chi connectivity index (χ0) is 30.7. The standard InChI is InChI=1S/C27H26F7N3O4S/c28-25(29)6-5-18(20(38)14-24(15-35)7-8-24)19(13-25)22-21(36-23(41-22)26(30,31)27(32,33)34)16-1-3-17(4-2-16)37-9-11-42(39,40)12-10-37/h1-4,18-19H,5-14H2/t18-,19-/m1/s1. The van der Waals surface area contributed by atoms with Crippen molar-refractivity contribution in [3.8, 4) is 17.3 Å². The molecule has 42 heavy (non-hydrogen) atoms. The number of hydrogen-bond donors (Lipinski definition) is 0. The molecule has 0 radical (unpaired) electrons. The molecule has 1 aromatic carbocycles. The molecule has 2 saturated carbocycles. The molecule has 228 valence electrons. The lowest BCUT2D eigenvalue weighted by atomic mass is 9.72. The number of Topliss-reactive ketones (excluding diaryl/α,β-unsaturated/α-hetero) is 1. The lowest BCUT2D eigenvalue weighted by Crippen LogP contribution is -2.40. The van der Waals surface area contributed by atoms with E-state index in [1.165, 1.54) is 24.3 Å². The van der Waals surface area contributed by atoms with E-state index in [0.717, 1.165) is 0 Å². The fraction of sp³-hybridized carbons (Fsp3) is 0.593. The Hall–Kier alpha value is -3.15. The molecule has 1 saturated heterocycles. The molecule has 2 aromatic rings. The Balaban J connectivity index is 1.55. The third kappa shape index (κ3) is 5.87. The van der Waals surface area contributed by atoms with Crippen molar-refractivity contribution in [3.05, 3.63) is 35.9 Å². The summed E-state index contributed by atoms with van der Waals surface area (Å²) in [7, 11) is -3.18. The number of hydrogen-bond acceptors (Lipinski definition) is 7. The summed E-state index contributed by atoms with van der Waals surface area (Å²) in [5.41, 5.74) is -0.919. The number of alkyl halides is 7. The second-order valence-electron chi connectivity index (χ2n) is 11.3. The Kier molecular flexibility index (Phi) is 7.39. The molecule has 0 N–H and O–H groups in total. The highest BCUT2D eigenvalue weighted by atomic mass is 32.2. The average molecular weight is 622 g/mol. The summed E-state index contributed by atoms with van der Waals surface area (Å²) in [4.78, 5) is 18.5. The maximum absolute atomic E-state index is 14.7. The predicted octanol–water partition coefficient (Wildman–Crippen LogP) is 6.01. The quantitative estimate of drug-likeness (QED) is 0.349. The summed E-state index contributed by atoms with van der Waals surface area (Å²) >= 11 is 0. The molecule has 5 rings (SSSR count). The van der Waals surface area contributed by atoms with Gasteiger partial charge in [-0.1, -0.05) is 12.1 Å². The number of rotatable bonds is 7. The molecular weight excluding hydrogens is 595 g/mol. The fourth-order valence-corrected chi connectivity index (χ4v) is 6.79. The van der Waals surface area contributed by atoms with Gasteiger partial charge in [0.15, 0.2) is 9.84 Å². The first kappa shape index (κ1) is 30.3. The first-order valence-electron chi connectivity index (χ1n) is 13.3. The smallest absolute Gasteiger partial charge is 0.439 e. The van der Waals surface area contributed by atoms with Crippen LogP contribution < -0.4 is 4.90 Å². The van der Waals surface area contributed by atoms with Crippen LogP contribution in [0.5, 0.6) is 0 Å². The molecule has 7 nitrogen and oxygen atoms in total. The SMILES string of the molecule is N#CC1(CC(=O)[C@@H]2CCC(F)(F)C[C@H]2c2oc(C(F)(F)C(F)(F)F)nc2-c2ccc(N3CCS(=O)(=O)CC3)cc2)CC1. The van der Waals surface area contributed by atoms with Crippen molar-refractivity contribution >= 4 is 21.3 Å². The van der Waals surface area contributed by atoms with Gasteiger partial charge in [0.1, 0.15) is 17.2 Å². The molecule has 1 aliphatic heterocycles. The topological polar surface area (TPSA) is 104 Å². The van der Waals surface area contributed by atoms with Crippen LogP contribution >= 0.6 is 0 Å². The van der Waals surface area contributed by atoms with E-state index >= 15 is 0 Å². The molecular formula is C27H26F7N3O4S. The van der Waals surface area contributed by atoms with Crippen LogP contribution in [0.25, 0.3) is 11.3 Å². The number of carbonyl (C=O) groups is 1. The van der Waals surface area contributed by atoms with Gasteiger partial charge in [-0.2, -0.15) is 27.2 Å². The number of sulfone groups is 1. The van der Waals surface area contributed by atoms with Crippen molar-refractivity contribution in [1.29, 1.82) is 5.26 Å². The minimum Gasteiger partial charge on any atom is -0.439 e. The fourth-order valence-electron chi connectivity index (χ4n) is 5.58. The molecule has 2 heterocycles. The lowest BCUT2D eigenvalue weighted by molar-refractivity contribution is -0.297. The van der Waals surface area contributed by atoms with E-state index in [0.29, 0.717) is 18.5 Å². The van der Waals surface area contributed by atoms with Gasteiger partial charge < -0.3 is 9.32 Å². The second kappa shape index (κ2) is 10.2. The van der Waals surface area contributed by atoms with Crippen LogP contribution in [0.3, 0.4) is 0 Å². The van der Waals surface area contributed by atoms with Gasteiger partial charge in [0.2, 0.25) is 5.92 Å². The molecule has 3 fully saturated rings. The molecule has 2 atom stereocenters. The molecule has 0 bridgehead atoms. The predicted molar refractivity (Wildman–Crippen MR) is 135 cm³/mol. The van der Waals surface area contributed by atoms with Crippen molar-refractivity contribution in [3.63, 3.8) is 0 Å². The van der Waals surface area contributed by atoms with Crippen LogP contribution in [0.1, 0.15) is 56.1 Å². The van der Waals surface area contributed by atoms with Gasteiger partial charge in [-0.15, -0.1) is 0 Å². The lowest BCUT2D eigenvalue weighted by Gasteiger charge is -2.34. The van der Waals surface area contributed by atoms with Crippen LogP contribution in [0.15, 0.2) is 28.7 Å². The van der Waals surface area contributed by atoms with Crippen molar-refractivity contribution in [1.82, 2.24) is 4.98 Å². The third-order valence-electron chi connectivity index (χ3n) is 8.31. The Morgan fingerprint density at radius 3 is 2.24 bits per heavy atom. The summed E-state index contributed by atoms with van der Waals surface area (Å²) in [6.07, 6.45) is -7.58. The second-order valence-corrected chi connectivity index (χ2v) is 13.6. The van der Waals surface area contributed by atoms with E-state index < -0.39 is 81.1 Å². The highest BCUT2D eigenvalue weighted by Gasteiger charge is 2.63. The minimum atomic E-state index is -6.10. The van der Waals surface area contributed by atoms with Gasteiger partial charge in [-0.25, -0.2) is 22.2 Å². The summed E-state index contributed by atoms with van der Waals surface area (Å²) in [5.74, 6) is -15.1. The van der Waals surface area contributed by atoms with Gasteiger partial charge in [0.05, 0.1) is 23.0 Å². The Bertz CT molecular complexity index is 1500. The number of oxazole rings is 1. The highest BCUT2D eigenvalue weighted by Crippen LogP contribution is 2.54. The number of benzene rings is 1. The van der Waals surface area contributed by atoms with Gasteiger partial charge in [0.25, 0.3) is 5.89 Å². The van der Waals surface area contributed by atoms with Gasteiger partial charge in [-0.05, 0) is 31.4 Å². The summed E-state index contributed by atoms with van der Waals surface area (Å²) < 4.78 is 126. The molecule has 1 aromatic heterocycles. The van der Waals surface area contributed by atoms with Crippen LogP contribution in [-0.4, -0.2) is 55.9 Å². The van der Waals surface area contributed by atoms with Gasteiger partial charge in [-0.3, -0.25) is 4.79 Å². The third-order valence-corrected chi connectivity index (χ3v) is 9.92.